The van der Waals surface area contributed by atoms with E-state index in [1.807, 2.05) is 24.3 Å². The van der Waals surface area contributed by atoms with Gasteiger partial charge >= 0.3 is 0 Å². The number of rotatable bonds is 5. The van der Waals surface area contributed by atoms with Crippen LogP contribution in [0.4, 0.5) is 5.69 Å². The first kappa shape index (κ1) is 13.1. The van der Waals surface area contributed by atoms with Crippen molar-refractivity contribution in [2.75, 3.05) is 11.9 Å². The van der Waals surface area contributed by atoms with Gasteiger partial charge in [-0.05, 0) is 49.8 Å². The highest BCUT2D eigenvalue weighted by atomic mass is 16.2. The van der Waals surface area contributed by atoms with Crippen molar-refractivity contribution in [1.29, 1.82) is 0 Å². The Morgan fingerprint density at radius 3 is 2.50 bits per heavy atom. The Bertz CT molecular complexity index is 410. The topological polar surface area (TPSA) is 75.4 Å². The van der Waals surface area contributed by atoms with E-state index in [-0.39, 0.29) is 12.5 Å². The molecule has 0 bridgehead atoms. The van der Waals surface area contributed by atoms with Crippen LogP contribution in [0.1, 0.15) is 31.2 Å². The molecule has 18 heavy (non-hydrogen) atoms. The van der Waals surface area contributed by atoms with E-state index in [0.29, 0.717) is 0 Å². The zero-order valence-electron chi connectivity index (χ0n) is 10.5. The van der Waals surface area contributed by atoms with Crippen molar-refractivity contribution >= 4 is 11.6 Å². The van der Waals surface area contributed by atoms with Crippen LogP contribution in [0.2, 0.25) is 0 Å². The number of nitrogens with one attached hydrogen (secondary N) is 1. The minimum atomic E-state index is -0.657. The van der Waals surface area contributed by atoms with Crippen molar-refractivity contribution in [2.24, 2.45) is 5.73 Å². The lowest BCUT2D eigenvalue weighted by Crippen LogP contribution is -2.56. The number of carbonyl (C=O) groups excluding carboxylic acids is 1. The van der Waals surface area contributed by atoms with Gasteiger partial charge in [0, 0.05) is 12.3 Å². The van der Waals surface area contributed by atoms with Gasteiger partial charge in [-0.3, -0.25) is 4.79 Å². The quantitative estimate of drug-likeness (QED) is 0.738. The minimum absolute atomic E-state index is 0.0862. The summed E-state index contributed by atoms with van der Waals surface area (Å²) in [6.07, 6.45) is 4.19. The lowest BCUT2D eigenvalue weighted by atomic mass is 9.77. The average molecular weight is 248 g/mol. The lowest BCUT2D eigenvalue weighted by Gasteiger charge is -2.36. The second kappa shape index (κ2) is 5.50. The summed E-state index contributed by atoms with van der Waals surface area (Å²) in [5.41, 5.74) is 7.24. The average Bonchev–Trinajstić information content (AvgIpc) is 2.35. The fourth-order valence-corrected chi connectivity index (χ4v) is 2.08. The smallest absolute Gasteiger partial charge is 0.244 e. The van der Waals surface area contributed by atoms with Crippen molar-refractivity contribution < 1.29 is 9.90 Å². The van der Waals surface area contributed by atoms with E-state index < -0.39 is 5.54 Å². The third-order valence-corrected chi connectivity index (χ3v) is 3.53. The molecule has 4 nitrogen and oxygen atoms in total. The molecule has 2 rings (SSSR count). The van der Waals surface area contributed by atoms with Gasteiger partial charge in [-0.2, -0.15) is 0 Å². The van der Waals surface area contributed by atoms with Crippen LogP contribution >= 0.6 is 0 Å². The summed E-state index contributed by atoms with van der Waals surface area (Å²) in [4.78, 5) is 11.9. The van der Waals surface area contributed by atoms with Crippen LogP contribution in [0.15, 0.2) is 24.3 Å². The number of aliphatic hydroxyl groups is 1. The Morgan fingerprint density at radius 1 is 1.33 bits per heavy atom. The Kier molecular flexibility index (Phi) is 3.99. The van der Waals surface area contributed by atoms with Crippen LogP contribution in [-0.2, 0) is 11.2 Å². The molecule has 0 unspecified atom stereocenters. The number of nitrogens with two attached hydrogens (primary N) is 1. The third-order valence-electron chi connectivity index (χ3n) is 3.53. The lowest BCUT2D eigenvalue weighted by molar-refractivity contribution is -0.123. The molecule has 0 radical (unpaired) electrons. The van der Waals surface area contributed by atoms with Crippen molar-refractivity contribution in [3.05, 3.63) is 29.8 Å². The second-order valence-electron chi connectivity index (χ2n) is 4.99. The van der Waals surface area contributed by atoms with Gasteiger partial charge in [0.1, 0.15) is 0 Å². The zero-order chi connectivity index (χ0) is 13.0. The molecule has 0 saturated heterocycles. The second-order valence-corrected chi connectivity index (χ2v) is 4.99. The van der Waals surface area contributed by atoms with Crippen LogP contribution in [0.3, 0.4) is 0 Å². The van der Waals surface area contributed by atoms with E-state index in [2.05, 4.69) is 5.32 Å². The van der Waals surface area contributed by atoms with Crippen LogP contribution < -0.4 is 11.1 Å². The Labute approximate surface area is 107 Å². The fourth-order valence-electron chi connectivity index (χ4n) is 2.08. The van der Waals surface area contributed by atoms with Gasteiger partial charge in [-0.15, -0.1) is 0 Å². The molecule has 0 aromatic heterocycles. The van der Waals surface area contributed by atoms with E-state index in [9.17, 15) is 4.79 Å². The number of carbonyl (C=O) groups is 1. The van der Waals surface area contributed by atoms with Crippen LogP contribution in [0.25, 0.3) is 0 Å². The normalized spacial score (nSPS) is 17.0. The maximum absolute atomic E-state index is 11.9. The third kappa shape index (κ3) is 2.89. The molecular formula is C14H20N2O2. The SMILES string of the molecule is NC1(C(=O)Nc2ccc(CCCO)cc2)CCC1. The van der Waals surface area contributed by atoms with Crippen molar-refractivity contribution in [2.45, 2.75) is 37.6 Å². The van der Waals surface area contributed by atoms with Gasteiger partial charge in [-0.1, -0.05) is 12.1 Å². The number of hydrogen-bond acceptors (Lipinski definition) is 3. The highest BCUT2D eigenvalue weighted by Gasteiger charge is 2.39. The molecule has 1 aromatic carbocycles. The molecule has 98 valence electrons. The van der Waals surface area contributed by atoms with Crippen molar-refractivity contribution in [3.63, 3.8) is 0 Å². The molecule has 1 aromatic rings. The van der Waals surface area contributed by atoms with Gasteiger partial charge in [-0.25, -0.2) is 0 Å². The fraction of sp³-hybridized carbons (Fsp3) is 0.500. The molecule has 0 heterocycles. The summed E-state index contributed by atoms with van der Waals surface area (Å²) in [7, 11) is 0. The molecule has 1 aliphatic rings. The highest BCUT2D eigenvalue weighted by molar-refractivity contribution is 5.98. The molecule has 1 amide bonds. The summed E-state index contributed by atoms with van der Waals surface area (Å²) in [6, 6.07) is 7.70. The Morgan fingerprint density at radius 2 is 2.00 bits per heavy atom. The van der Waals surface area contributed by atoms with Gasteiger partial charge in [0.15, 0.2) is 0 Å². The molecule has 1 saturated carbocycles. The largest absolute Gasteiger partial charge is 0.396 e. The summed E-state index contributed by atoms with van der Waals surface area (Å²) in [6.45, 7) is 0.203. The molecular weight excluding hydrogens is 228 g/mol. The first-order valence-electron chi connectivity index (χ1n) is 6.44. The number of aliphatic hydroxyl groups excluding tert-OH is 1. The molecule has 0 atom stereocenters. The highest BCUT2D eigenvalue weighted by Crippen LogP contribution is 2.30. The number of anilines is 1. The molecule has 0 spiro atoms. The van der Waals surface area contributed by atoms with Crippen LogP contribution in [-0.4, -0.2) is 23.2 Å². The number of hydrogen-bond donors (Lipinski definition) is 3. The monoisotopic (exact) mass is 248 g/mol. The zero-order valence-corrected chi connectivity index (χ0v) is 10.5. The Balaban J connectivity index is 1.91. The van der Waals surface area contributed by atoms with Gasteiger partial charge in [0.2, 0.25) is 5.91 Å². The van der Waals surface area contributed by atoms with Gasteiger partial charge in [0.05, 0.1) is 5.54 Å². The predicted molar refractivity (Wildman–Crippen MR) is 71.2 cm³/mol. The van der Waals surface area contributed by atoms with E-state index in [4.69, 9.17) is 10.8 Å². The van der Waals surface area contributed by atoms with Crippen LogP contribution in [0.5, 0.6) is 0 Å². The minimum Gasteiger partial charge on any atom is -0.396 e. The number of benzene rings is 1. The van der Waals surface area contributed by atoms with E-state index in [1.54, 1.807) is 0 Å². The molecule has 0 aliphatic heterocycles. The predicted octanol–water partition coefficient (Wildman–Crippen LogP) is 1.43. The number of aryl methyl sites for hydroxylation is 1. The van der Waals surface area contributed by atoms with Crippen molar-refractivity contribution in [3.8, 4) is 0 Å². The molecule has 4 heteroatoms. The van der Waals surface area contributed by atoms with Gasteiger partial charge < -0.3 is 16.2 Å². The summed E-state index contributed by atoms with van der Waals surface area (Å²) < 4.78 is 0. The van der Waals surface area contributed by atoms with Crippen molar-refractivity contribution in [1.82, 2.24) is 0 Å². The maximum atomic E-state index is 11.9. The Hall–Kier alpha value is -1.39. The maximum Gasteiger partial charge on any atom is 0.244 e. The van der Waals surface area contributed by atoms with Crippen LogP contribution in [0, 0.1) is 0 Å². The van der Waals surface area contributed by atoms with E-state index >= 15 is 0 Å². The van der Waals surface area contributed by atoms with E-state index in [0.717, 1.165) is 43.4 Å². The molecule has 4 N–H and O–H groups in total. The van der Waals surface area contributed by atoms with E-state index in [1.165, 1.54) is 0 Å². The summed E-state index contributed by atoms with van der Waals surface area (Å²) in [5.74, 6) is -0.0862. The first-order chi connectivity index (χ1) is 8.64. The standard InChI is InChI=1S/C14H20N2O2/c15-14(8-2-9-14)13(18)16-12-6-4-11(5-7-12)3-1-10-17/h4-7,17H,1-3,8-10,15H2,(H,16,18). The molecule has 1 fully saturated rings. The summed E-state index contributed by atoms with van der Waals surface area (Å²) >= 11 is 0. The first-order valence-corrected chi connectivity index (χ1v) is 6.44. The summed E-state index contributed by atoms with van der Waals surface area (Å²) in [5, 5.41) is 11.6. The molecule has 1 aliphatic carbocycles. The number of amides is 1. The van der Waals surface area contributed by atoms with Gasteiger partial charge in [0.25, 0.3) is 0 Å².